The molecular weight excluding hydrogens is 304 g/mol. The van der Waals surface area contributed by atoms with Crippen LogP contribution in [0.4, 0.5) is 0 Å². The minimum Gasteiger partial charge on any atom is -0.493 e. The molecule has 3 aromatic rings. The maximum Gasteiger partial charge on any atom is 0.127 e. The van der Waals surface area contributed by atoms with Crippen molar-refractivity contribution >= 4 is 21.5 Å². The second kappa shape index (κ2) is 7.91. The molecule has 0 fully saturated rings. The zero-order chi connectivity index (χ0) is 17.8. The molecule has 0 aliphatic rings. The number of aryl methyl sites for hydroxylation is 2. The summed E-state index contributed by atoms with van der Waals surface area (Å²) in [4.78, 5) is 0. The molecule has 0 N–H and O–H groups in total. The van der Waals surface area contributed by atoms with E-state index in [1.165, 1.54) is 45.5 Å². The van der Waals surface area contributed by atoms with Crippen LogP contribution in [0.3, 0.4) is 0 Å². The normalized spacial score (nSPS) is 11.6. The van der Waals surface area contributed by atoms with E-state index in [-0.39, 0.29) is 0 Å². The van der Waals surface area contributed by atoms with Crippen molar-refractivity contribution in [3.05, 3.63) is 53.6 Å². The fourth-order valence-electron chi connectivity index (χ4n) is 3.98. The van der Waals surface area contributed by atoms with Gasteiger partial charge in [0.15, 0.2) is 0 Å². The highest BCUT2D eigenvalue weighted by molar-refractivity contribution is 6.08. The van der Waals surface area contributed by atoms with Gasteiger partial charge in [-0.15, -0.1) is 0 Å². The van der Waals surface area contributed by atoms with E-state index < -0.39 is 0 Å². The Morgan fingerprint density at radius 1 is 0.720 bits per heavy atom. The van der Waals surface area contributed by atoms with Gasteiger partial charge in [-0.3, -0.25) is 0 Å². The smallest absolute Gasteiger partial charge is 0.127 e. The summed E-state index contributed by atoms with van der Waals surface area (Å²) in [6.07, 6.45) is 4.40. The fraction of sp³-hybridized carbons (Fsp3) is 0.417. The summed E-state index contributed by atoms with van der Waals surface area (Å²) in [6, 6.07) is 15.4. The van der Waals surface area contributed by atoms with Crippen LogP contribution in [0.1, 0.15) is 51.7 Å². The fourth-order valence-corrected chi connectivity index (χ4v) is 3.98. The molecule has 0 heterocycles. The van der Waals surface area contributed by atoms with Gasteiger partial charge in [0, 0.05) is 5.39 Å². The molecular formula is C24H30O. The molecule has 1 nitrogen and oxygen atoms in total. The van der Waals surface area contributed by atoms with Crippen molar-refractivity contribution in [3.63, 3.8) is 0 Å². The summed E-state index contributed by atoms with van der Waals surface area (Å²) in [5, 5.41) is 5.46. The van der Waals surface area contributed by atoms with Crippen LogP contribution >= 0.6 is 0 Å². The molecule has 0 spiro atoms. The van der Waals surface area contributed by atoms with Crippen LogP contribution in [0.2, 0.25) is 0 Å². The average molecular weight is 335 g/mol. The van der Waals surface area contributed by atoms with Crippen LogP contribution in [0.15, 0.2) is 42.5 Å². The first-order chi connectivity index (χ1) is 12.2. The summed E-state index contributed by atoms with van der Waals surface area (Å²) in [6.45, 7) is 9.82. The highest BCUT2D eigenvalue weighted by Crippen LogP contribution is 2.38. The largest absolute Gasteiger partial charge is 0.493 e. The molecule has 0 aromatic heterocycles. The number of benzene rings is 3. The molecule has 132 valence electrons. The summed E-state index contributed by atoms with van der Waals surface area (Å²) >= 11 is 0. The first kappa shape index (κ1) is 17.8. The van der Waals surface area contributed by atoms with Gasteiger partial charge in [-0.05, 0) is 52.1 Å². The van der Waals surface area contributed by atoms with Gasteiger partial charge in [0.2, 0.25) is 0 Å². The maximum absolute atomic E-state index is 6.35. The van der Waals surface area contributed by atoms with E-state index in [9.17, 15) is 0 Å². The molecule has 0 saturated heterocycles. The Balaban J connectivity index is 2.24. The molecule has 0 radical (unpaired) electrons. The first-order valence-corrected chi connectivity index (χ1v) is 9.82. The van der Waals surface area contributed by atoms with Crippen molar-refractivity contribution in [1.29, 1.82) is 0 Å². The minimum absolute atomic E-state index is 0.631. The Bertz CT molecular complexity index is 859. The van der Waals surface area contributed by atoms with Crippen molar-refractivity contribution in [1.82, 2.24) is 0 Å². The Morgan fingerprint density at radius 3 is 1.92 bits per heavy atom. The van der Waals surface area contributed by atoms with Gasteiger partial charge in [0.05, 0.1) is 6.61 Å². The van der Waals surface area contributed by atoms with Gasteiger partial charge in [-0.2, -0.15) is 0 Å². The van der Waals surface area contributed by atoms with Crippen molar-refractivity contribution in [2.75, 3.05) is 6.61 Å². The Kier molecular flexibility index (Phi) is 5.63. The summed E-state index contributed by atoms with van der Waals surface area (Å²) < 4.78 is 6.35. The SMILES string of the molecule is CCc1c2ccccc2c(CC)c2c(OCC(CC)CC)cccc12. The van der Waals surface area contributed by atoms with E-state index in [2.05, 4.69) is 70.2 Å². The molecule has 0 aliphatic carbocycles. The summed E-state index contributed by atoms with van der Waals surface area (Å²) in [5.74, 6) is 1.69. The molecule has 0 atom stereocenters. The second-order valence-corrected chi connectivity index (χ2v) is 6.88. The van der Waals surface area contributed by atoms with Gasteiger partial charge in [0.1, 0.15) is 5.75 Å². The van der Waals surface area contributed by atoms with Crippen LogP contribution in [0.25, 0.3) is 21.5 Å². The van der Waals surface area contributed by atoms with E-state index >= 15 is 0 Å². The third kappa shape index (κ3) is 3.25. The topological polar surface area (TPSA) is 9.23 Å². The van der Waals surface area contributed by atoms with E-state index in [0.717, 1.165) is 25.2 Å². The van der Waals surface area contributed by atoms with Crippen LogP contribution in [0.5, 0.6) is 5.75 Å². The zero-order valence-electron chi connectivity index (χ0n) is 16.1. The number of fused-ring (bicyclic) bond motifs is 2. The second-order valence-electron chi connectivity index (χ2n) is 6.88. The number of ether oxygens (including phenoxy) is 1. The van der Waals surface area contributed by atoms with Gasteiger partial charge in [-0.1, -0.05) is 76.9 Å². The van der Waals surface area contributed by atoms with Crippen LogP contribution in [0, 0.1) is 5.92 Å². The van der Waals surface area contributed by atoms with Gasteiger partial charge >= 0.3 is 0 Å². The monoisotopic (exact) mass is 334 g/mol. The molecule has 0 unspecified atom stereocenters. The third-order valence-electron chi connectivity index (χ3n) is 5.57. The van der Waals surface area contributed by atoms with E-state index in [1.54, 1.807) is 0 Å². The predicted molar refractivity (Wildman–Crippen MR) is 110 cm³/mol. The van der Waals surface area contributed by atoms with E-state index in [4.69, 9.17) is 4.74 Å². The Morgan fingerprint density at radius 2 is 1.32 bits per heavy atom. The van der Waals surface area contributed by atoms with Gasteiger partial charge < -0.3 is 4.74 Å². The standard InChI is InChI=1S/C24H30O/c1-5-17(6-2)16-25-23-15-11-14-22-18(7-3)20-12-9-10-13-21(20)19(8-4)24(22)23/h9-15,17H,5-8,16H2,1-4H3. The van der Waals surface area contributed by atoms with Crippen LogP contribution in [-0.4, -0.2) is 6.61 Å². The van der Waals surface area contributed by atoms with Crippen molar-refractivity contribution < 1.29 is 4.74 Å². The summed E-state index contributed by atoms with van der Waals surface area (Å²) in [5.41, 5.74) is 2.86. The first-order valence-electron chi connectivity index (χ1n) is 9.82. The maximum atomic E-state index is 6.35. The molecule has 3 aromatic carbocycles. The zero-order valence-corrected chi connectivity index (χ0v) is 16.1. The van der Waals surface area contributed by atoms with E-state index in [1.807, 2.05) is 0 Å². The minimum atomic E-state index is 0.631. The van der Waals surface area contributed by atoms with Crippen molar-refractivity contribution in [3.8, 4) is 5.75 Å². The number of hydrogen-bond acceptors (Lipinski definition) is 1. The molecule has 1 heteroatoms. The highest BCUT2D eigenvalue weighted by Gasteiger charge is 2.16. The van der Waals surface area contributed by atoms with Crippen LogP contribution < -0.4 is 4.74 Å². The quantitative estimate of drug-likeness (QED) is 0.425. The number of rotatable bonds is 7. The Labute approximate surface area is 152 Å². The molecule has 0 bridgehead atoms. The average Bonchev–Trinajstić information content (AvgIpc) is 2.66. The van der Waals surface area contributed by atoms with Crippen molar-refractivity contribution in [2.24, 2.45) is 5.92 Å². The lowest BCUT2D eigenvalue weighted by atomic mass is 9.89. The summed E-state index contributed by atoms with van der Waals surface area (Å²) in [7, 11) is 0. The van der Waals surface area contributed by atoms with E-state index in [0.29, 0.717) is 5.92 Å². The predicted octanol–water partition coefficient (Wildman–Crippen LogP) is 6.93. The van der Waals surface area contributed by atoms with Crippen LogP contribution in [-0.2, 0) is 12.8 Å². The molecule has 0 aliphatic heterocycles. The van der Waals surface area contributed by atoms with Crippen molar-refractivity contribution in [2.45, 2.75) is 53.4 Å². The van der Waals surface area contributed by atoms with Gasteiger partial charge in [-0.25, -0.2) is 0 Å². The highest BCUT2D eigenvalue weighted by atomic mass is 16.5. The molecule has 25 heavy (non-hydrogen) atoms. The molecule has 0 saturated carbocycles. The Hall–Kier alpha value is -2.02. The molecule has 3 rings (SSSR count). The molecule has 0 amide bonds. The van der Waals surface area contributed by atoms with Gasteiger partial charge in [0.25, 0.3) is 0 Å². The lowest BCUT2D eigenvalue weighted by molar-refractivity contribution is 0.243. The lowest BCUT2D eigenvalue weighted by Crippen LogP contribution is -2.10. The number of hydrogen-bond donors (Lipinski definition) is 0. The lowest BCUT2D eigenvalue weighted by Gasteiger charge is -2.20. The third-order valence-corrected chi connectivity index (χ3v) is 5.57.